The summed E-state index contributed by atoms with van der Waals surface area (Å²) in [5.74, 6) is -1.12. The maximum Gasteiger partial charge on any atom is 0.416 e. The van der Waals surface area contributed by atoms with Gasteiger partial charge >= 0.3 is 12.3 Å². The first-order valence-electron chi connectivity index (χ1n) is 6.37. The molecule has 0 aromatic heterocycles. The molecule has 0 saturated carbocycles. The molecule has 0 heterocycles. The van der Waals surface area contributed by atoms with Gasteiger partial charge in [-0.05, 0) is 32.4 Å². The number of benzene rings is 1. The van der Waals surface area contributed by atoms with E-state index in [1.807, 2.05) is 0 Å². The summed E-state index contributed by atoms with van der Waals surface area (Å²) in [6.45, 7) is 4.74. The van der Waals surface area contributed by atoms with Crippen LogP contribution in [0, 0.1) is 0 Å². The van der Waals surface area contributed by atoms with Crippen molar-refractivity contribution in [3.63, 3.8) is 0 Å². The minimum atomic E-state index is -4.68. The highest BCUT2D eigenvalue weighted by Gasteiger charge is 2.37. The summed E-state index contributed by atoms with van der Waals surface area (Å²) in [7, 11) is 0. The van der Waals surface area contributed by atoms with Crippen LogP contribution in [-0.4, -0.2) is 17.6 Å². The molecule has 122 valence electrons. The number of nitrogens with two attached hydrogens (primary N) is 1. The van der Waals surface area contributed by atoms with E-state index in [-0.39, 0.29) is 0 Å². The van der Waals surface area contributed by atoms with Crippen molar-refractivity contribution in [2.75, 3.05) is 0 Å². The van der Waals surface area contributed by atoms with Gasteiger partial charge in [-0.3, -0.25) is 4.79 Å². The van der Waals surface area contributed by atoms with Crippen LogP contribution in [0.3, 0.4) is 0 Å². The fraction of sp³-hybridized carbons (Fsp3) is 0.429. The molecule has 0 aliphatic heterocycles. The van der Waals surface area contributed by atoms with E-state index in [0.29, 0.717) is 0 Å². The normalized spacial score (nSPS) is 13.4. The fourth-order valence-corrected chi connectivity index (χ4v) is 1.73. The Hall–Kier alpha value is -2.25. The van der Waals surface area contributed by atoms with Crippen molar-refractivity contribution in [1.29, 1.82) is 0 Å². The number of primary amides is 1. The SMILES string of the molecule is CC(C)(C)OC(=O)N[C@H](C(N)=O)c1ccccc1C(F)(F)F. The van der Waals surface area contributed by atoms with Crippen LogP contribution in [0.2, 0.25) is 0 Å². The van der Waals surface area contributed by atoms with Gasteiger partial charge in [-0.2, -0.15) is 13.2 Å². The van der Waals surface area contributed by atoms with Gasteiger partial charge in [-0.25, -0.2) is 4.79 Å². The van der Waals surface area contributed by atoms with E-state index in [2.05, 4.69) is 5.32 Å². The van der Waals surface area contributed by atoms with Crippen molar-refractivity contribution < 1.29 is 27.5 Å². The Morgan fingerprint density at radius 1 is 1.18 bits per heavy atom. The number of hydrogen-bond donors (Lipinski definition) is 2. The summed E-state index contributed by atoms with van der Waals surface area (Å²) in [4.78, 5) is 23.2. The maximum absolute atomic E-state index is 13.0. The number of halogens is 3. The predicted molar refractivity (Wildman–Crippen MR) is 72.7 cm³/mol. The van der Waals surface area contributed by atoms with Gasteiger partial charge in [0.15, 0.2) is 0 Å². The lowest BCUT2D eigenvalue weighted by molar-refractivity contribution is -0.138. The Morgan fingerprint density at radius 3 is 2.18 bits per heavy atom. The molecule has 22 heavy (non-hydrogen) atoms. The Kier molecular flexibility index (Phi) is 5.05. The summed E-state index contributed by atoms with van der Waals surface area (Å²) in [5.41, 5.74) is 2.77. The molecular formula is C14H17F3N2O3. The Balaban J connectivity index is 3.13. The smallest absolute Gasteiger partial charge is 0.416 e. The van der Waals surface area contributed by atoms with Gasteiger partial charge < -0.3 is 15.8 Å². The molecule has 1 rings (SSSR count). The van der Waals surface area contributed by atoms with Gasteiger partial charge in [-0.15, -0.1) is 0 Å². The lowest BCUT2D eigenvalue weighted by Crippen LogP contribution is -2.41. The number of hydrogen-bond acceptors (Lipinski definition) is 3. The third-order valence-electron chi connectivity index (χ3n) is 2.52. The van der Waals surface area contributed by atoms with E-state index in [1.165, 1.54) is 12.1 Å². The highest BCUT2D eigenvalue weighted by Crippen LogP contribution is 2.34. The van der Waals surface area contributed by atoms with Gasteiger partial charge in [0.25, 0.3) is 0 Å². The first kappa shape index (κ1) is 17.8. The minimum Gasteiger partial charge on any atom is -0.444 e. The molecule has 5 nitrogen and oxygen atoms in total. The van der Waals surface area contributed by atoms with E-state index in [1.54, 1.807) is 20.8 Å². The second kappa shape index (κ2) is 6.25. The van der Waals surface area contributed by atoms with Gasteiger partial charge in [0.05, 0.1) is 5.56 Å². The fourth-order valence-electron chi connectivity index (χ4n) is 1.73. The third-order valence-corrected chi connectivity index (χ3v) is 2.52. The number of alkyl carbamates (subject to hydrolysis) is 1. The molecule has 0 aliphatic carbocycles. The molecule has 0 saturated heterocycles. The van der Waals surface area contributed by atoms with Gasteiger partial charge in [0, 0.05) is 0 Å². The van der Waals surface area contributed by atoms with E-state index in [4.69, 9.17) is 10.5 Å². The second-order valence-corrected chi connectivity index (χ2v) is 5.57. The highest BCUT2D eigenvalue weighted by molar-refractivity contribution is 5.86. The van der Waals surface area contributed by atoms with E-state index >= 15 is 0 Å². The number of ether oxygens (including phenoxy) is 1. The van der Waals surface area contributed by atoms with Gasteiger partial charge in [0.2, 0.25) is 5.91 Å². The number of nitrogens with one attached hydrogen (secondary N) is 1. The first-order chi connectivity index (χ1) is 9.92. The topological polar surface area (TPSA) is 81.4 Å². The molecule has 0 aliphatic rings. The molecule has 2 amide bonds. The molecular weight excluding hydrogens is 301 g/mol. The van der Waals surface area contributed by atoms with Crippen LogP contribution in [0.15, 0.2) is 24.3 Å². The van der Waals surface area contributed by atoms with Crippen molar-refractivity contribution in [1.82, 2.24) is 5.32 Å². The molecule has 8 heteroatoms. The average Bonchev–Trinajstić information content (AvgIpc) is 2.32. The Labute approximate surface area is 125 Å². The molecule has 1 atom stereocenters. The zero-order valence-electron chi connectivity index (χ0n) is 12.3. The van der Waals surface area contributed by atoms with Crippen LogP contribution in [0.4, 0.5) is 18.0 Å². The number of amides is 2. The summed E-state index contributed by atoms with van der Waals surface area (Å²) >= 11 is 0. The standard InChI is InChI=1S/C14H17F3N2O3/c1-13(2,3)22-12(21)19-10(11(18)20)8-6-4-5-7-9(8)14(15,16)17/h4-7,10H,1-3H3,(H2,18,20)(H,19,21)/t10-/m0/s1. The highest BCUT2D eigenvalue weighted by atomic mass is 19.4. The van der Waals surface area contributed by atoms with Crippen LogP contribution in [-0.2, 0) is 15.7 Å². The maximum atomic E-state index is 13.0. The zero-order valence-corrected chi connectivity index (χ0v) is 12.3. The number of carbonyl (C=O) groups is 2. The molecule has 0 fully saturated rings. The molecule has 3 N–H and O–H groups in total. The molecule has 0 bridgehead atoms. The lowest BCUT2D eigenvalue weighted by atomic mass is 9.99. The molecule has 0 radical (unpaired) electrons. The van der Waals surface area contributed by atoms with Crippen LogP contribution < -0.4 is 11.1 Å². The largest absolute Gasteiger partial charge is 0.444 e. The number of rotatable bonds is 3. The average molecular weight is 318 g/mol. The minimum absolute atomic E-state index is 0.437. The van der Waals surface area contributed by atoms with Gasteiger partial charge in [0.1, 0.15) is 11.6 Å². The number of carbonyl (C=O) groups excluding carboxylic acids is 2. The summed E-state index contributed by atoms with van der Waals surface area (Å²) in [6.07, 6.45) is -5.71. The van der Waals surface area contributed by atoms with Crippen molar-refractivity contribution >= 4 is 12.0 Å². The Bertz CT molecular complexity index is 565. The molecule has 0 spiro atoms. The van der Waals surface area contributed by atoms with Crippen molar-refractivity contribution in [2.45, 2.75) is 38.6 Å². The summed E-state index contributed by atoms with van der Waals surface area (Å²) in [6, 6.07) is 2.74. The summed E-state index contributed by atoms with van der Waals surface area (Å²) < 4.78 is 43.9. The van der Waals surface area contributed by atoms with Crippen molar-refractivity contribution in [3.8, 4) is 0 Å². The second-order valence-electron chi connectivity index (χ2n) is 5.57. The van der Waals surface area contributed by atoms with E-state index in [0.717, 1.165) is 12.1 Å². The zero-order chi connectivity index (χ0) is 17.1. The monoisotopic (exact) mass is 318 g/mol. The number of alkyl halides is 3. The molecule has 1 aromatic carbocycles. The summed E-state index contributed by atoms with van der Waals surface area (Å²) in [5, 5.41) is 2.07. The van der Waals surface area contributed by atoms with Crippen molar-refractivity contribution in [3.05, 3.63) is 35.4 Å². The van der Waals surface area contributed by atoms with E-state index in [9.17, 15) is 22.8 Å². The quantitative estimate of drug-likeness (QED) is 0.899. The van der Waals surface area contributed by atoms with Crippen LogP contribution >= 0.6 is 0 Å². The van der Waals surface area contributed by atoms with Crippen molar-refractivity contribution in [2.24, 2.45) is 5.73 Å². The third kappa shape index (κ3) is 4.94. The lowest BCUT2D eigenvalue weighted by Gasteiger charge is -2.24. The Morgan fingerprint density at radius 2 is 1.73 bits per heavy atom. The molecule has 1 aromatic rings. The predicted octanol–water partition coefficient (Wildman–Crippen LogP) is 2.76. The van der Waals surface area contributed by atoms with Crippen LogP contribution in [0.5, 0.6) is 0 Å². The first-order valence-corrected chi connectivity index (χ1v) is 6.37. The molecule has 0 unspecified atom stereocenters. The van der Waals surface area contributed by atoms with E-state index < -0.39 is 40.9 Å². The van der Waals surface area contributed by atoms with Gasteiger partial charge in [-0.1, -0.05) is 18.2 Å². The van der Waals surface area contributed by atoms with Crippen LogP contribution in [0.1, 0.15) is 37.9 Å². The van der Waals surface area contributed by atoms with Crippen LogP contribution in [0.25, 0.3) is 0 Å².